The van der Waals surface area contributed by atoms with E-state index >= 15 is 0 Å². The maximum Gasteiger partial charge on any atom is 0.253 e. The lowest BCUT2D eigenvalue weighted by Crippen LogP contribution is -2.21. The number of aryl methyl sites for hydroxylation is 1. The van der Waals surface area contributed by atoms with Crippen molar-refractivity contribution in [1.29, 1.82) is 0 Å². The number of hydrogen-bond donors (Lipinski definition) is 2. The number of nitrogen functional groups attached to an aromatic ring is 1. The number of carbonyl (C=O) groups is 1. The lowest BCUT2D eigenvalue weighted by Gasteiger charge is -2.13. The maximum absolute atomic E-state index is 11.9. The van der Waals surface area contributed by atoms with Gasteiger partial charge in [0.2, 0.25) is 0 Å². The number of hydrogen-bond acceptors (Lipinski definition) is 4. The van der Waals surface area contributed by atoms with E-state index in [-0.39, 0.29) is 5.91 Å². The molecule has 6 nitrogen and oxygen atoms in total. The van der Waals surface area contributed by atoms with Gasteiger partial charge in [-0.15, -0.1) is 0 Å². The molecule has 1 aromatic carbocycles. The number of amides is 1. The summed E-state index contributed by atoms with van der Waals surface area (Å²) in [6.45, 7) is 0.761. The highest BCUT2D eigenvalue weighted by atomic mass is 16.2. The highest BCUT2D eigenvalue weighted by Crippen LogP contribution is 2.20. The zero-order valence-corrected chi connectivity index (χ0v) is 12.6. The number of rotatable bonds is 5. The van der Waals surface area contributed by atoms with Gasteiger partial charge in [0.25, 0.3) is 5.91 Å². The Morgan fingerprint density at radius 1 is 1.43 bits per heavy atom. The first-order chi connectivity index (χ1) is 9.97. The topological polar surface area (TPSA) is 76.2 Å². The third-order valence-corrected chi connectivity index (χ3v) is 3.19. The Hall–Kier alpha value is -2.50. The Bertz CT molecular complexity index is 633. The largest absolute Gasteiger partial charge is 0.397 e. The summed E-state index contributed by atoms with van der Waals surface area (Å²) in [4.78, 5) is 13.4. The molecule has 0 saturated carbocycles. The monoisotopic (exact) mass is 287 g/mol. The van der Waals surface area contributed by atoms with Crippen molar-refractivity contribution in [2.45, 2.75) is 6.42 Å². The summed E-state index contributed by atoms with van der Waals surface area (Å²) in [5.41, 5.74) is 9.18. The van der Waals surface area contributed by atoms with E-state index in [1.807, 2.05) is 25.5 Å². The van der Waals surface area contributed by atoms with Gasteiger partial charge in [-0.05, 0) is 30.2 Å². The van der Waals surface area contributed by atoms with E-state index in [0.29, 0.717) is 11.3 Å². The Kier molecular flexibility index (Phi) is 4.47. The molecule has 1 heterocycles. The molecule has 0 saturated heterocycles. The summed E-state index contributed by atoms with van der Waals surface area (Å²) in [5.74, 6) is -0.0522. The molecule has 21 heavy (non-hydrogen) atoms. The second kappa shape index (κ2) is 6.30. The van der Waals surface area contributed by atoms with Crippen molar-refractivity contribution in [3.63, 3.8) is 0 Å². The molecule has 2 aromatic rings. The summed E-state index contributed by atoms with van der Waals surface area (Å²) < 4.78 is 1.78. The van der Waals surface area contributed by atoms with Crippen LogP contribution in [0, 0.1) is 0 Å². The molecule has 6 heteroatoms. The van der Waals surface area contributed by atoms with Crippen LogP contribution in [0.2, 0.25) is 0 Å². The average Bonchev–Trinajstić information content (AvgIpc) is 2.85. The minimum atomic E-state index is -0.0522. The second-order valence-electron chi connectivity index (χ2n) is 5.20. The SMILES string of the molecule is CN(C)C(=O)c1ccc(NCCc2cnn(C)c2)c(N)c1. The number of carbonyl (C=O) groups excluding carboxylic acids is 1. The fourth-order valence-corrected chi connectivity index (χ4v) is 2.06. The van der Waals surface area contributed by atoms with Gasteiger partial charge in [0.15, 0.2) is 0 Å². The summed E-state index contributed by atoms with van der Waals surface area (Å²) >= 11 is 0. The summed E-state index contributed by atoms with van der Waals surface area (Å²) in [7, 11) is 5.34. The molecule has 0 aliphatic carbocycles. The van der Waals surface area contributed by atoms with Gasteiger partial charge in [0.1, 0.15) is 0 Å². The van der Waals surface area contributed by atoms with Crippen LogP contribution in [0.3, 0.4) is 0 Å². The minimum absolute atomic E-state index is 0.0522. The van der Waals surface area contributed by atoms with E-state index in [9.17, 15) is 4.79 Å². The third-order valence-electron chi connectivity index (χ3n) is 3.19. The number of anilines is 2. The highest BCUT2D eigenvalue weighted by Gasteiger charge is 2.09. The van der Waals surface area contributed by atoms with Crippen molar-refractivity contribution in [3.8, 4) is 0 Å². The lowest BCUT2D eigenvalue weighted by molar-refractivity contribution is 0.0827. The Morgan fingerprint density at radius 2 is 2.19 bits per heavy atom. The van der Waals surface area contributed by atoms with Crippen LogP contribution in [0.1, 0.15) is 15.9 Å². The van der Waals surface area contributed by atoms with Gasteiger partial charge in [-0.3, -0.25) is 9.48 Å². The molecule has 0 unspecified atom stereocenters. The zero-order valence-electron chi connectivity index (χ0n) is 12.6. The van der Waals surface area contributed by atoms with Crippen LogP contribution in [0.5, 0.6) is 0 Å². The fraction of sp³-hybridized carbons (Fsp3) is 0.333. The molecular formula is C15H21N5O. The van der Waals surface area contributed by atoms with Crippen molar-refractivity contribution >= 4 is 17.3 Å². The van der Waals surface area contributed by atoms with E-state index in [1.165, 1.54) is 10.5 Å². The van der Waals surface area contributed by atoms with Gasteiger partial charge < -0.3 is 16.0 Å². The molecule has 0 radical (unpaired) electrons. The number of benzene rings is 1. The van der Waals surface area contributed by atoms with Crippen LogP contribution in [-0.2, 0) is 13.5 Å². The van der Waals surface area contributed by atoms with E-state index in [4.69, 9.17) is 5.73 Å². The first-order valence-electron chi connectivity index (χ1n) is 6.80. The van der Waals surface area contributed by atoms with Crippen molar-refractivity contribution in [3.05, 3.63) is 41.7 Å². The summed E-state index contributed by atoms with van der Waals surface area (Å²) in [5, 5.41) is 7.41. The van der Waals surface area contributed by atoms with Crippen LogP contribution in [0.4, 0.5) is 11.4 Å². The normalized spacial score (nSPS) is 10.4. The van der Waals surface area contributed by atoms with Crippen LogP contribution in [-0.4, -0.2) is 41.2 Å². The van der Waals surface area contributed by atoms with E-state index in [1.54, 1.807) is 30.9 Å². The molecule has 3 N–H and O–H groups in total. The first-order valence-corrected chi connectivity index (χ1v) is 6.80. The molecule has 1 amide bonds. The quantitative estimate of drug-likeness (QED) is 0.814. The molecule has 0 spiro atoms. The molecule has 0 aliphatic rings. The van der Waals surface area contributed by atoms with Crippen LogP contribution in [0.15, 0.2) is 30.6 Å². The molecule has 0 atom stereocenters. The number of nitrogens with zero attached hydrogens (tertiary/aromatic N) is 3. The van der Waals surface area contributed by atoms with Crippen molar-refractivity contribution in [2.24, 2.45) is 7.05 Å². The smallest absolute Gasteiger partial charge is 0.253 e. The van der Waals surface area contributed by atoms with Gasteiger partial charge in [0.05, 0.1) is 17.6 Å². The molecule has 0 aliphatic heterocycles. The molecule has 0 fully saturated rings. The highest BCUT2D eigenvalue weighted by molar-refractivity contribution is 5.95. The predicted molar refractivity (Wildman–Crippen MR) is 84.3 cm³/mol. The number of aromatic nitrogens is 2. The first kappa shape index (κ1) is 14.9. The third kappa shape index (κ3) is 3.75. The zero-order chi connectivity index (χ0) is 15.4. The minimum Gasteiger partial charge on any atom is -0.397 e. The van der Waals surface area contributed by atoms with Crippen LogP contribution >= 0.6 is 0 Å². The number of nitrogens with one attached hydrogen (secondary N) is 1. The predicted octanol–water partition coefficient (Wildman–Crippen LogP) is 1.36. The van der Waals surface area contributed by atoms with Crippen molar-refractivity contribution in [1.82, 2.24) is 14.7 Å². The van der Waals surface area contributed by atoms with Gasteiger partial charge in [0, 0.05) is 39.4 Å². The average molecular weight is 287 g/mol. The molecule has 112 valence electrons. The second-order valence-corrected chi connectivity index (χ2v) is 5.20. The lowest BCUT2D eigenvalue weighted by atomic mass is 10.1. The van der Waals surface area contributed by atoms with Gasteiger partial charge in [-0.1, -0.05) is 0 Å². The molecule has 2 rings (SSSR count). The van der Waals surface area contributed by atoms with Crippen molar-refractivity contribution < 1.29 is 4.79 Å². The standard InChI is InChI=1S/C15H21N5O/c1-19(2)15(21)12-4-5-14(13(16)8-12)17-7-6-11-9-18-20(3)10-11/h4-5,8-10,17H,6-7,16H2,1-3H3. The van der Waals surface area contributed by atoms with E-state index < -0.39 is 0 Å². The van der Waals surface area contributed by atoms with Crippen LogP contribution < -0.4 is 11.1 Å². The maximum atomic E-state index is 11.9. The van der Waals surface area contributed by atoms with Crippen molar-refractivity contribution in [2.75, 3.05) is 31.7 Å². The fourth-order valence-electron chi connectivity index (χ4n) is 2.06. The van der Waals surface area contributed by atoms with E-state index in [0.717, 1.165) is 18.7 Å². The molecule has 0 bridgehead atoms. The summed E-state index contributed by atoms with van der Waals surface area (Å²) in [6, 6.07) is 5.33. The van der Waals surface area contributed by atoms with E-state index in [2.05, 4.69) is 10.4 Å². The molecular weight excluding hydrogens is 266 g/mol. The van der Waals surface area contributed by atoms with Gasteiger partial charge in [-0.2, -0.15) is 5.10 Å². The van der Waals surface area contributed by atoms with Gasteiger partial charge in [-0.25, -0.2) is 0 Å². The summed E-state index contributed by atoms with van der Waals surface area (Å²) in [6.07, 6.45) is 4.71. The van der Waals surface area contributed by atoms with Gasteiger partial charge >= 0.3 is 0 Å². The Morgan fingerprint density at radius 3 is 2.76 bits per heavy atom. The molecule has 1 aromatic heterocycles. The van der Waals surface area contributed by atoms with Crippen LogP contribution in [0.25, 0.3) is 0 Å². The Balaban J connectivity index is 1.96. The Labute approximate surface area is 124 Å². The number of nitrogens with two attached hydrogens (primary N) is 1.